The second-order valence-corrected chi connectivity index (χ2v) is 5.94. The normalized spacial score (nSPS) is 15.0. The number of hydrogen-bond acceptors (Lipinski definition) is 4. The molecule has 5 heteroatoms. The van der Waals surface area contributed by atoms with Gasteiger partial charge in [-0.1, -0.05) is 35.5 Å². The number of amides is 1. The molecule has 0 aliphatic heterocycles. The Morgan fingerprint density at radius 2 is 2.04 bits per heavy atom. The van der Waals surface area contributed by atoms with Crippen LogP contribution in [0.15, 0.2) is 34.9 Å². The minimum absolute atomic E-state index is 0.110. The average Bonchev–Trinajstić information content (AvgIpc) is 3.03. The molecule has 1 aromatic carbocycles. The van der Waals surface area contributed by atoms with Gasteiger partial charge in [0.1, 0.15) is 5.76 Å². The van der Waals surface area contributed by atoms with Crippen molar-refractivity contribution in [2.75, 3.05) is 6.61 Å². The van der Waals surface area contributed by atoms with Crippen molar-refractivity contribution in [3.05, 3.63) is 52.9 Å². The maximum Gasteiger partial charge on any atom is 0.274 e. The summed E-state index contributed by atoms with van der Waals surface area (Å²) in [6.45, 7) is 0.110. The van der Waals surface area contributed by atoms with Crippen LogP contribution in [0.3, 0.4) is 0 Å². The molecule has 0 saturated heterocycles. The van der Waals surface area contributed by atoms with Gasteiger partial charge >= 0.3 is 0 Å². The molecule has 2 aromatic rings. The molecule has 5 nitrogen and oxygen atoms in total. The van der Waals surface area contributed by atoms with Crippen LogP contribution in [0.1, 0.15) is 59.1 Å². The monoisotopic (exact) mass is 314 g/mol. The first-order chi connectivity index (χ1) is 11.3. The summed E-state index contributed by atoms with van der Waals surface area (Å²) in [6, 6.07) is 9.69. The van der Waals surface area contributed by atoms with E-state index in [0.717, 1.165) is 42.6 Å². The number of aryl methyl sites for hydroxylation is 1. The van der Waals surface area contributed by atoms with Gasteiger partial charge in [0.05, 0.1) is 6.04 Å². The summed E-state index contributed by atoms with van der Waals surface area (Å²) < 4.78 is 5.33. The maximum absolute atomic E-state index is 12.6. The van der Waals surface area contributed by atoms with E-state index >= 15 is 0 Å². The van der Waals surface area contributed by atoms with Gasteiger partial charge < -0.3 is 14.9 Å². The first kappa shape index (κ1) is 15.7. The topological polar surface area (TPSA) is 75.4 Å². The van der Waals surface area contributed by atoms with Crippen LogP contribution >= 0.6 is 0 Å². The number of nitrogens with one attached hydrogen (secondary N) is 1. The first-order valence-electron chi connectivity index (χ1n) is 8.23. The highest BCUT2D eigenvalue weighted by Crippen LogP contribution is 2.25. The van der Waals surface area contributed by atoms with E-state index in [9.17, 15) is 4.79 Å². The predicted molar refractivity (Wildman–Crippen MR) is 86.1 cm³/mol. The lowest BCUT2D eigenvalue weighted by molar-refractivity contribution is 0.0922. The molecule has 0 radical (unpaired) electrons. The van der Waals surface area contributed by atoms with Crippen LogP contribution in [0, 0.1) is 0 Å². The van der Waals surface area contributed by atoms with Crippen LogP contribution < -0.4 is 5.32 Å². The molecule has 1 aromatic heterocycles. The number of carbonyl (C=O) groups excluding carboxylic acids is 1. The Labute approximate surface area is 135 Å². The molecule has 122 valence electrons. The Morgan fingerprint density at radius 3 is 2.83 bits per heavy atom. The molecule has 0 bridgehead atoms. The highest BCUT2D eigenvalue weighted by atomic mass is 16.5. The summed E-state index contributed by atoms with van der Waals surface area (Å²) in [7, 11) is 0. The van der Waals surface area contributed by atoms with E-state index in [1.165, 1.54) is 0 Å². The molecule has 3 rings (SSSR count). The Kier molecular flexibility index (Phi) is 5.08. The van der Waals surface area contributed by atoms with E-state index in [0.29, 0.717) is 18.5 Å². The molecule has 1 aliphatic rings. The molecular weight excluding hydrogens is 292 g/mol. The Balaban J connectivity index is 1.77. The molecule has 0 saturated carbocycles. The van der Waals surface area contributed by atoms with Crippen molar-refractivity contribution >= 4 is 5.91 Å². The second kappa shape index (κ2) is 7.42. The standard InChI is InChI=1S/C18H22N2O3/c21-12-6-10-15(13-7-2-1-3-8-13)19-18(22)17-14-9-4-5-11-16(14)23-20-17/h1-3,7-8,15,21H,4-6,9-12H2,(H,19,22). The summed E-state index contributed by atoms with van der Waals surface area (Å²) >= 11 is 0. The number of aromatic nitrogens is 1. The molecule has 23 heavy (non-hydrogen) atoms. The SMILES string of the molecule is O=C(NC(CCCO)c1ccccc1)c1noc2c1CCCC2. The molecule has 2 N–H and O–H groups in total. The van der Waals surface area contributed by atoms with Crippen LogP contribution in [0.25, 0.3) is 0 Å². The van der Waals surface area contributed by atoms with Crippen molar-refractivity contribution in [2.45, 2.75) is 44.6 Å². The van der Waals surface area contributed by atoms with E-state index in [4.69, 9.17) is 9.63 Å². The third-order valence-corrected chi connectivity index (χ3v) is 4.32. The zero-order chi connectivity index (χ0) is 16.1. The molecule has 1 amide bonds. The van der Waals surface area contributed by atoms with E-state index in [1.807, 2.05) is 30.3 Å². The van der Waals surface area contributed by atoms with Crippen molar-refractivity contribution in [3.63, 3.8) is 0 Å². The number of benzene rings is 1. The van der Waals surface area contributed by atoms with Gasteiger partial charge in [-0.2, -0.15) is 0 Å². The predicted octanol–water partition coefficient (Wildman–Crippen LogP) is 2.80. The molecule has 0 fully saturated rings. The smallest absolute Gasteiger partial charge is 0.274 e. The number of aliphatic hydroxyl groups is 1. The number of aliphatic hydroxyl groups excluding tert-OH is 1. The number of rotatable bonds is 6. The molecular formula is C18H22N2O3. The fraction of sp³-hybridized carbons (Fsp3) is 0.444. The largest absolute Gasteiger partial charge is 0.396 e. The lowest BCUT2D eigenvalue weighted by Gasteiger charge is -2.19. The molecule has 1 heterocycles. The summed E-state index contributed by atoms with van der Waals surface area (Å²) in [5.41, 5.74) is 2.42. The first-order valence-corrected chi connectivity index (χ1v) is 8.23. The fourth-order valence-corrected chi connectivity index (χ4v) is 3.09. The van der Waals surface area contributed by atoms with E-state index in [-0.39, 0.29) is 18.6 Å². The highest BCUT2D eigenvalue weighted by molar-refractivity contribution is 5.94. The fourth-order valence-electron chi connectivity index (χ4n) is 3.09. The summed E-state index contributed by atoms with van der Waals surface area (Å²) in [4.78, 5) is 12.6. The van der Waals surface area contributed by atoms with Gasteiger partial charge in [0.15, 0.2) is 5.69 Å². The van der Waals surface area contributed by atoms with Gasteiger partial charge in [-0.15, -0.1) is 0 Å². The summed E-state index contributed by atoms with van der Waals surface area (Å²) in [5.74, 6) is 0.664. The highest BCUT2D eigenvalue weighted by Gasteiger charge is 2.25. The van der Waals surface area contributed by atoms with Gasteiger partial charge in [-0.05, 0) is 37.7 Å². The van der Waals surface area contributed by atoms with Crippen molar-refractivity contribution in [1.82, 2.24) is 10.5 Å². The Bertz CT molecular complexity index is 652. The van der Waals surface area contributed by atoms with E-state index < -0.39 is 0 Å². The van der Waals surface area contributed by atoms with Crippen molar-refractivity contribution in [1.29, 1.82) is 0 Å². The lowest BCUT2D eigenvalue weighted by Crippen LogP contribution is -2.30. The van der Waals surface area contributed by atoms with Gasteiger partial charge in [-0.25, -0.2) is 0 Å². The van der Waals surface area contributed by atoms with Crippen molar-refractivity contribution in [3.8, 4) is 0 Å². The van der Waals surface area contributed by atoms with Crippen LogP contribution in [-0.4, -0.2) is 22.8 Å². The minimum Gasteiger partial charge on any atom is -0.396 e. The van der Waals surface area contributed by atoms with Crippen LogP contribution in [-0.2, 0) is 12.8 Å². The Hall–Kier alpha value is -2.14. The van der Waals surface area contributed by atoms with Gasteiger partial charge in [0, 0.05) is 18.6 Å². The van der Waals surface area contributed by atoms with Crippen LogP contribution in [0.5, 0.6) is 0 Å². The third-order valence-electron chi connectivity index (χ3n) is 4.32. The molecule has 1 aliphatic carbocycles. The molecule has 1 unspecified atom stereocenters. The average molecular weight is 314 g/mol. The lowest BCUT2D eigenvalue weighted by atomic mass is 9.96. The molecule has 1 atom stereocenters. The van der Waals surface area contributed by atoms with E-state index in [1.54, 1.807) is 0 Å². The number of carbonyl (C=O) groups is 1. The Morgan fingerprint density at radius 1 is 1.26 bits per heavy atom. The number of hydrogen-bond donors (Lipinski definition) is 2. The summed E-state index contributed by atoms with van der Waals surface area (Å²) in [5, 5.41) is 16.1. The second-order valence-electron chi connectivity index (χ2n) is 5.94. The number of nitrogens with zero attached hydrogens (tertiary/aromatic N) is 1. The number of fused-ring (bicyclic) bond motifs is 1. The zero-order valence-corrected chi connectivity index (χ0v) is 13.1. The van der Waals surface area contributed by atoms with Crippen LogP contribution in [0.4, 0.5) is 0 Å². The van der Waals surface area contributed by atoms with Crippen LogP contribution in [0.2, 0.25) is 0 Å². The zero-order valence-electron chi connectivity index (χ0n) is 13.1. The van der Waals surface area contributed by atoms with Gasteiger partial charge in [-0.3, -0.25) is 4.79 Å². The van der Waals surface area contributed by atoms with E-state index in [2.05, 4.69) is 10.5 Å². The minimum atomic E-state index is -0.191. The van der Waals surface area contributed by atoms with Crippen molar-refractivity contribution < 1.29 is 14.4 Å². The summed E-state index contributed by atoms with van der Waals surface area (Å²) in [6.07, 6.45) is 5.20. The molecule has 0 spiro atoms. The van der Waals surface area contributed by atoms with Gasteiger partial charge in [0.2, 0.25) is 0 Å². The van der Waals surface area contributed by atoms with Crippen molar-refractivity contribution in [2.24, 2.45) is 0 Å². The third kappa shape index (κ3) is 3.62. The quantitative estimate of drug-likeness (QED) is 0.859. The maximum atomic E-state index is 12.6. The van der Waals surface area contributed by atoms with Gasteiger partial charge in [0.25, 0.3) is 5.91 Å².